The molecule has 3 atom stereocenters. The molecule has 1 saturated heterocycles. The number of carbonyl (C=O) groups excluding carboxylic acids is 1. The van der Waals surface area contributed by atoms with Crippen LogP contribution < -0.4 is 5.32 Å². The number of carboxylic acid groups (broad SMARTS) is 1. The lowest BCUT2D eigenvalue weighted by Crippen LogP contribution is -2.47. The zero-order chi connectivity index (χ0) is 14.5. The van der Waals surface area contributed by atoms with Crippen LogP contribution in [0.4, 0.5) is 0 Å². The molecule has 0 saturated carbocycles. The second-order valence-electron chi connectivity index (χ2n) is 5.73. The van der Waals surface area contributed by atoms with Crippen LogP contribution in [0.5, 0.6) is 0 Å². The highest BCUT2D eigenvalue weighted by Crippen LogP contribution is 2.25. The minimum absolute atomic E-state index is 0.0505. The molecule has 0 aromatic rings. The van der Waals surface area contributed by atoms with E-state index < -0.39 is 11.6 Å². The van der Waals surface area contributed by atoms with Crippen molar-refractivity contribution in [2.75, 3.05) is 6.61 Å². The normalized spacial score (nSPS) is 25.8. The Balaban J connectivity index is 2.25. The molecule has 0 spiro atoms. The molecule has 19 heavy (non-hydrogen) atoms. The maximum absolute atomic E-state index is 12.1. The number of carboxylic acids is 1. The first-order chi connectivity index (χ1) is 8.85. The first-order valence-electron chi connectivity index (χ1n) is 7.03. The summed E-state index contributed by atoms with van der Waals surface area (Å²) in [4.78, 5) is 22.7. The SMILES string of the molecule is CC(CCCC(C)C(=O)O)NC(=O)C1(C)CCCO1. The van der Waals surface area contributed by atoms with Gasteiger partial charge in [-0.1, -0.05) is 13.3 Å². The number of aliphatic carboxylic acids is 1. The van der Waals surface area contributed by atoms with Gasteiger partial charge in [0, 0.05) is 12.6 Å². The standard InChI is InChI=1S/C14H25NO4/c1-10(12(16)17)6-4-7-11(2)15-13(18)14(3)8-5-9-19-14/h10-11H,4-9H2,1-3H3,(H,15,18)(H,16,17). The summed E-state index contributed by atoms with van der Waals surface area (Å²) in [5.74, 6) is -1.13. The third kappa shape index (κ3) is 4.82. The van der Waals surface area contributed by atoms with Crippen LogP contribution in [0.2, 0.25) is 0 Å². The Morgan fingerprint density at radius 1 is 1.37 bits per heavy atom. The zero-order valence-corrected chi connectivity index (χ0v) is 12.1. The number of rotatable bonds is 7. The van der Waals surface area contributed by atoms with Crippen molar-refractivity contribution in [1.29, 1.82) is 0 Å². The van der Waals surface area contributed by atoms with Gasteiger partial charge in [-0.15, -0.1) is 0 Å². The van der Waals surface area contributed by atoms with Crippen LogP contribution in [0.1, 0.15) is 52.9 Å². The molecule has 5 heteroatoms. The molecule has 1 heterocycles. The monoisotopic (exact) mass is 271 g/mol. The highest BCUT2D eigenvalue weighted by Gasteiger charge is 2.37. The highest BCUT2D eigenvalue weighted by atomic mass is 16.5. The maximum atomic E-state index is 12.1. The van der Waals surface area contributed by atoms with E-state index in [1.54, 1.807) is 6.92 Å². The van der Waals surface area contributed by atoms with Gasteiger partial charge in [-0.25, -0.2) is 0 Å². The lowest BCUT2D eigenvalue weighted by Gasteiger charge is -2.24. The van der Waals surface area contributed by atoms with E-state index in [-0.39, 0.29) is 17.9 Å². The molecule has 0 aromatic heterocycles. The summed E-state index contributed by atoms with van der Waals surface area (Å²) in [5, 5.41) is 11.7. The quantitative estimate of drug-likeness (QED) is 0.742. The van der Waals surface area contributed by atoms with Crippen molar-refractivity contribution < 1.29 is 19.4 Å². The molecule has 1 fully saturated rings. The minimum Gasteiger partial charge on any atom is -0.481 e. The molecule has 0 bridgehead atoms. The highest BCUT2D eigenvalue weighted by molar-refractivity contribution is 5.85. The maximum Gasteiger partial charge on any atom is 0.306 e. The third-order valence-electron chi connectivity index (χ3n) is 3.77. The van der Waals surface area contributed by atoms with E-state index in [1.807, 2.05) is 13.8 Å². The Kier molecular flexibility index (Phi) is 5.79. The second kappa shape index (κ2) is 6.89. The van der Waals surface area contributed by atoms with Crippen molar-refractivity contribution in [3.05, 3.63) is 0 Å². The minimum atomic E-state index is -0.761. The van der Waals surface area contributed by atoms with Crippen molar-refractivity contribution in [3.63, 3.8) is 0 Å². The van der Waals surface area contributed by atoms with Crippen molar-refractivity contribution in [2.24, 2.45) is 5.92 Å². The van der Waals surface area contributed by atoms with Gasteiger partial charge in [0.2, 0.25) is 0 Å². The molecule has 5 nitrogen and oxygen atoms in total. The van der Waals surface area contributed by atoms with Gasteiger partial charge >= 0.3 is 5.97 Å². The van der Waals surface area contributed by atoms with Gasteiger partial charge in [-0.2, -0.15) is 0 Å². The van der Waals surface area contributed by atoms with Gasteiger partial charge in [0.05, 0.1) is 5.92 Å². The fourth-order valence-electron chi connectivity index (χ4n) is 2.26. The van der Waals surface area contributed by atoms with E-state index in [0.29, 0.717) is 13.0 Å². The second-order valence-corrected chi connectivity index (χ2v) is 5.73. The molecule has 1 amide bonds. The van der Waals surface area contributed by atoms with Crippen LogP contribution in [0, 0.1) is 5.92 Å². The number of carbonyl (C=O) groups is 2. The van der Waals surface area contributed by atoms with Crippen LogP contribution in [0.3, 0.4) is 0 Å². The fourth-order valence-corrected chi connectivity index (χ4v) is 2.26. The smallest absolute Gasteiger partial charge is 0.306 e. The summed E-state index contributed by atoms with van der Waals surface area (Å²) in [7, 11) is 0. The zero-order valence-electron chi connectivity index (χ0n) is 12.1. The average Bonchev–Trinajstić information content (AvgIpc) is 2.77. The summed E-state index contributed by atoms with van der Waals surface area (Å²) in [5.41, 5.74) is -0.678. The van der Waals surface area contributed by atoms with Crippen molar-refractivity contribution >= 4 is 11.9 Å². The molecule has 2 N–H and O–H groups in total. The molecular weight excluding hydrogens is 246 g/mol. The molecule has 0 aliphatic carbocycles. The lowest BCUT2D eigenvalue weighted by molar-refractivity contribution is -0.142. The average molecular weight is 271 g/mol. The summed E-state index contributed by atoms with van der Waals surface area (Å²) < 4.78 is 5.49. The molecule has 1 aliphatic heterocycles. The summed E-state index contributed by atoms with van der Waals surface area (Å²) in [6.07, 6.45) is 3.92. The first kappa shape index (κ1) is 16.0. The van der Waals surface area contributed by atoms with E-state index in [1.165, 1.54) is 0 Å². The van der Waals surface area contributed by atoms with E-state index in [0.717, 1.165) is 25.7 Å². The van der Waals surface area contributed by atoms with Gasteiger partial charge in [-0.05, 0) is 39.5 Å². The van der Waals surface area contributed by atoms with Crippen molar-refractivity contribution in [1.82, 2.24) is 5.32 Å². The van der Waals surface area contributed by atoms with E-state index in [9.17, 15) is 9.59 Å². The molecule has 1 aliphatic rings. The van der Waals surface area contributed by atoms with Crippen LogP contribution in [0.15, 0.2) is 0 Å². The van der Waals surface area contributed by atoms with Crippen LogP contribution in [-0.4, -0.2) is 35.2 Å². The predicted molar refractivity (Wildman–Crippen MR) is 71.8 cm³/mol. The van der Waals surface area contributed by atoms with Gasteiger partial charge < -0.3 is 15.2 Å². The number of hydrogen-bond donors (Lipinski definition) is 2. The Labute approximate surface area is 114 Å². The molecule has 1 rings (SSSR count). The largest absolute Gasteiger partial charge is 0.481 e. The van der Waals surface area contributed by atoms with Gasteiger partial charge in [-0.3, -0.25) is 9.59 Å². The van der Waals surface area contributed by atoms with Crippen molar-refractivity contribution in [3.8, 4) is 0 Å². The first-order valence-corrected chi connectivity index (χ1v) is 7.03. The van der Waals surface area contributed by atoms with Gasteiger partial charge in [0.15, 0.2) is 0 Å². The molecule has 3 unspecified atom stereocenters. The van der Waals surface area contributed by atoms with E-state index in [4.69, 9.17) is 9.84 Å². The van der Waals surface area contributed by atoms with Crippen LogP contribution >= 0.6 is 0 Å². The summed E-state index contributed by atoms with van der Waals surface area (Å²) >= 11 is 0. The molecule has 0 radical (unpaired) electrons. The number of nitrogens with one attached hydrogen (secondary N) is 1. The lowest BCUT2D eigenvalue weighted by atomic mass is 9.99. The van der Waals surface area contributed by atoms with Crippen LogP contribution in [0.25, 0.3) is 0 Å². The molecule has 0 aromatic carbocycles. The van der Waals surface area contributed by atoms with E-state index in [2.05, 4.69) is 5.32 Å². The number of hydrogen-bond acceptors (Lipinski definition) is 3. The number of ether oxygens (including phenoxy) is 1. The van der Waals surface area contributed by atoms with Crippen molar-refractivity contribution in [2.45, 2.75) is 64.5 Å². The number of amides is 1. The predicted octanol–water partition coefficient (Wildman–Crippen LogP) is 1.95. The Hall–Kier alpha value is -1.10. The van der Waals surface area contributed by atoms with Gasteiger partial charge in [0.25, 0.3) is 5.91 Å². The Morgan fingerprint density at radius 3 is 2.58 bits per heavy atom. The van der Waals surface area contributed by atoms with E-state index >= 15 is 0 Å². The Morgan fingerprint density at radius 2 is 2.05 bits per heavy atom. The van der Waals surface area contributed by atoms with Crippen LogP contribution in [-0.2, 0) is 14.3 Å². The molecule has 110 valence electrons. The summed E-state index contributed by atoms with van der Waals surface area (Å²) in [6, 6.07) is 0.0505. The Bertz CT molecular complexity index is 323. The fraction of sp³-hybridized carbons (Fsp3) is 0.857. The van der Waals surface area contributed by atoms with Gasteiger partial charge in [0.1, 0.15) is 5.60 Å². The third-order valence-corrected chi connectivity index (χ3v) is 3.77. The molecular formula is C14H25NO4. The topological polar surface area (TPSA) is 75.6 Å². The summed E-state index contributed by atoms with van der Waals surface area (Å²) in [6.45, 7) is 6.13.